The largest absolute Gasteiger partial charge is 0.395 e. The summed E-state index contributed by atoms with van der Waals surface area (Å²) in [7, 11) is 0. The van der Waals surface area contributed by atoms with Gasteiger partial charge in [-0.25, -0.2) is 0 Å². The fraction of sp³-hybridized carbons (Fsp3) is 0.318. The monoisotopic (exact) mass is 421 g/mol. The van der Waals surface area contributed by atoms with Crippen molar-refractivity contribution < 1.29 is 19.5 Å². The van der Waals surface area contributed by atoms with Gasteiger partial charge in [-0.2, -0.15) is 5.26 Å². The maximum Gasteiger partial charge on any atom is 0.261 e. The van der Waals surface area contributed by atoms with Gasteiger partial charge in [0.15, 0.2) is 0 Å². The van der Waals surface area contributed by atoms with Crippen LogP contribution in [0.2, 0.25) is 0 Å². The van der Waals surface area contributed by atoms with E-state index in [0.29, 0.717) is 24.5 Å². The van der Waals surface area contributed by atoms with E-state index in [1.165, 1.54) is 11.0 Å². The zero-order chi connectivity index (χ0) is 22.4. The van der Waals surface area contributed by atoms with Crippen LogP contribution in [0, 0.1) is 11.3 Å². The van der Waals surface area contributed by atoms with Crippen LogP contribution in [0.5, 0.6) is 0 Å². The highest BCUT2D eigenvalue weighted by Crippen LogP contribution is 2.22. The van der Waals surface area contributed by atoms with E-state index in [-0.39, 0.29) is 49.4 Å². The Balaban J connectivity index is 1.54. The molecule has 1 atom stereocenters. The molecule has 1 aromatic rings. The Labute approximate surface area is 179 Å². The number of ketones is 1. The molecule has 9 heteroatoms. The van der Waals surface area contributed by atoms with Gasteiger partial charge >= 0.3 is 0 Å². The topological polar surface area (TPSA) is 149 Å². The summed E-state index contributed by atoms with van der Waals surface area (Å²) in [6, 6.07) is 6.57. The van der Waals surface area contributed by atoms with E-state index in [9.17, 15) is 19.5 Å². The van der Waals surface area contributed by atoms with Gasteiger partial charge in [0.1, 0.15) is 11.9 Å². The molecule has 0 spiro atoms. The lowest BCUT2D eigenvalue weighted by Crippen LogP contribution is -2.41. The number of benzene rings is 1. The molecule has 1 aliphatic heterocycles. The zero-order valence-electron chi connectivity index (χ0n) is 16.9. The number of nitrogens with one attached hydrogen (secondary N) is 1. The van der Waals surface area contributed by atoms with Crippen molar-refractivity contribution in [1.82, 2.24) is 4.90 Å². The minimum absolute atomic E-state index is 0.0130. The minimum atomic E-state index is -0.632. The SMILES string of the molecule is N#CC(=O)C1=CCC(N(CCO)C(=O)CCC(=O)Nc2ccc3c(c2)CN=C3N)C=C1. The quantitative estimate of drug-likeness (QED) is 0.529. The Kier molecular flexibility index (Phi) is 6.95. The number of hydrogen-bond acceptors (Lipinski definition) is 7. The highest BCUT2D eigenvalue weighted by Gasteiger charge is 2.24. The van der Waals surface area contributed by atoms with Crippen molar-refractivity contribution in [3.05, 3.63) is 53.1 Å². The molecule has 0 aromatic heterocycles. The third-order valence-corrected chi connectivity index (χ3v) is 5.15. The van der Waals surface area contributed by atoms with Crippen LogP contribution in [-0.2, 0) is 20.9 Å². The molecule has 160 valence electrons. The van der Waals surface area contributed by atoms with Gasteiger partial charge in [0.05, 0.1) is 19.2 Å². The second kappa shape index (κ2) is 9.82. The third-order valence-electron chi connectivity index (χ3n) is 5.15. The number of allylic oxidation sites excluding steroid dienone is 2. The summed E-state index contributed by atoms with van der Waals surface area (Å²) in [5.41, 5.74) is 8.49. The molecule has 1 aliphatic carbocycles. The van der Waals surface area contributed by atoms with E-state index in [0.717, 1.165) is 11.1 Å². The van der Waals surface area contributed by atoms with Crippen LogP contribution in [0.3, 0.4) is 0 Å². The number of amidine groups is 1. The standard InChI is InChI=1S/C22H23N5O4/c23-12-19(29)14-1-4-17(5-2-14)27(9-10-28)21(31)8-7-20(30)26-16-3-6-18-15(11-16)13-25-22(18)24/h1-4,6,11,17,28H,5,7-10,13H2,(H2,24,25)(H,26,30). The molecule has 0 saturated carbocycles. The first-order chi connectivity index (χ1) is 14.9. The summed E-state index contributed by atoms with van der Waals surface area (Å²) >= 11 is 0. The second-order valence-electron chi connectivity index (χ2n) is 7.19. The lowest BCUT2D eigenvalue weighted by Gasteiger charge is -2.30. The summed E-state index contributed by atoms with van der Waals surface area (Å²) < 4.78 is 0. The number of fused-ring (bicyclic) bond motifs is 1. The number of rotatable bonds is 8. The maximum atomic E-state index is 12.7. The molecule has 31 heavy (non-hydrogen) atoms. The average molecular weight is 421 g/mol. The van der Waals surface area contributed by atoms with Crippen LogP contribution in [0.25, 0.3) is 0 Å². The number of nitriles is 1. The first-order valence-electron chi connectivity index (χ1n) is 9.89. The van der Waals surface area contributed by atoms with E-state index < -0.39 is 5.78 Å². The van der Waals surface area contributed by atoms with Gasteiger partial charge in [-0.1, -0.05) is 18.2 Å². The number of nitrogens with zero attached hydrogens (tertiary/aromatic N) is 3. The van der Waals surface area contributed by atoms with E-state index in [1.54, 1.807) is 30.4 Å². The number of nitrogens with two attached hydrogens (primary N) is 1. The van der Waals surface area contributed by atoms with Crippen molar-refractivity contribution in [2.45, 2.75) is 31.8 Å². The van der Waals surface area contributed by atoms with Gasteiger partial charge in [0, 0.05) is 36.2 Å². The molecular weight excluding hydrogens is 398 g/mol. The summed E-state index contributed by atoms with van der Waals surface area (Å²) in [4.78, 5) is 42.1. The van der Waals surface area contributed by atoms with Crippen molar-refractivity contribution in [3.63, 3.8) is 0 Å². The Morgan fingerprint density at radius 2 is 2.13 bits per heavy atom. The highest BCUT2D eigenvalue weighted by atomic mass is 16.3. The van der Waals surface area contributed by atoms with Gasteiger partial charge in [-0.15, -0.1) is 0 Å². The lowest BCUT2D eigenvalue weighted by molar-refractivity contribution is -0.134. The molecule has 1 unspecified atom stereocenters. The molecule has 4 N–H and O–H groups in total. The van der Waals surface area contributed by atoms with Gasteiger partial charge in [0.25, 0.3) is 5.78 Å². The Morgan fingerprint density at radius 3 is 2.81 bits per heavy atom. The van der Waals surface area contributed by atoms with Crippen LogP contribution >= 0.6 is 0 Å². The fourth-order valence-corrected chi connectivity index (χ4v) is 3.55. The first-order valence-corrected chi connectivity index (χ1v) is 9.89. The smallest absolute Gasteiger partial charge is 0.261 e. The number of amides is 2. The Bertz CT molecular complexity index is 1030. The van der Waals surface area contributed by atoms with Crippen LogP contribution in [0.4, 0.5) is 5.69 Å². The molecule has 0 saturated heterocycles. The first kappa shape index (κ1) is 21.9. The molecule has 2 amide bonds. The molecule has 1 aromatic carbocycles. The number of hydrogen-bond donors (Lipinski definition) is 3. The van der Waals surface area contributed by atoms with Crippen molar-refractivity contribution in [3.8, 4) is 6.07 Å². The summed E-state index contributed by atoms with van der Waals surface area (Å²) in [5.74, 6) is -0.729. The molecule has 0 fully saturated rings. The number of anilines is 1. The predicted octanol–water partition coefficient (Wildman–Crippen LogP) is 0.793. The molecule has 2 aliphatic rings. The lowest BCUT2D eigenvalue weighted by atomic mass is 9.99. The van der Waals surface area contributed by atoms with Crippen LogP contribution in [-0.4, -0.2) is 52.6 Å². The summed E-state index contributed by atoms with van der Waals surface area (Å²) in [6.45, 7) is 0.359. The van der Waals surface area contributed by atoms with E-state index in [2.05, 4.69) is 10.3 Å². The maximum absolute atomic E-state index is 12.7. The normalized spacial score (nSPS) is 16.6. The average Bonchev–Trinajstić information content (AvgIpc) is 3.15. The van der Waals surface area contributed by atoms with Gasteiger partial charge in [0.2, 0.25) is 11.8 Å². The number of carbonyl (C=O) groups is 3. The highest BCUT2D eigenvalue weighted by molar-refractivity contribution is 6.09. The number of aliphatic imine (C=N–C) groups is 1. The third kappa shape index (κ3) is 5.24. The Hall–Kier alpha value is -3.77. The minimum Gasteiger partial charge on any atom is -0.395 e. The van der Waals surface area contributed by atoms with Crippen molar-refractivity contribution >= 4 is 29.1 Å². The van der Waals surface area contributed by atoms with Crippen LogP contribution in [0.15, 0.2) is 47.0 Å². The van der Waals surface area contributed by atoms with E-state index in [1.807, 2.05) is 6.07 Å². The van der Waals surface area contributed by atoms with Gasteiger partial charge in [-0.05, 0) is 30.2 Å². The van der Waals surface area contributed by atoms with Gasteiger partial charge in [-0.3, -0.25) is 19.4 Å². The fourth-order valence-electron chi connectivity index (χ4n) is 3.55. The van der Waals surface area contributed by atoms with E-state index in [4.69, 9.17) is 11.0 Å². The number of aliphatic hydroxyl groups excluding tert-OH is 1. The molecule has 9 nitrogen and oxygen atoms in total. The number of Topliss-reactive ketones (excluding diaryl/α,β-unsaturated/α-hetero) is 1. The van der Waals surface area contributed by atoms with Gasteiger partial charge < -0.3 is 21.1 Å². The predicted molar refractivity (Wildman–Crippen MR) is 114 cm³/mol. The number of aliphatic hydroxyl groups is 1. The van der Waals surface area contributed by atoms with Crippen LogP contribution in [0.1, 0.15) is 30.4 Å². The van der Waals surface area contributed by atoms with E-state index >= 15 is 0 Å². The van der Waals surface area contributed by atoms with Crippen molar-refractivity contribution in [1.29, 1.82) is 5.26 Å². The summed E-state index contributed by atoms with van der Waals surface area (Å²) in [5, 5.41) is 20.8. The van der Waals surface area contributed by atoms with Crippen molar-refractivity contribution in [2.75, 3.05) is 18.5 Å². The second-order valence-corrected chi connectivity index (χ2v) is 7.19. The van der Waals surface area contributed by atoms with Crippen LogP contribution < -0.4 is 11.1 Å². The molecule has 1 heterocycles. The molecular formula is C22H23N5O4. The zero-order valence-corrected chi connectivity index (χ0v) is 16.9. The molecule has 0 bridgehead atoms. The molecule has 0 radical (unpaired) electrons. The van der Waals surface area contributed by atoms with Crippen molar-refractivity contribution in [2.24, 2.45) is 10.7 Å². The summed E-state index contributed by atoms with van der Waals surface area (Å²) in [6.07, 6.45) is 5.10. The Morgan fingerprint density at radius 1 is 1.32 bits per heavy atom. The molecule has 3 rings (SSSR count). The number of carbonyl (C=O) groups excluding carboxylic acids is 3.